The summed E-state index contributed by atoms with van der Waals surface area (Å²) in [4.78, 5) is 14.5. The summed E-state index contributed by atoms with van der Waals surface area (Å²) in [5.41, 5.74) is 0. The lowest BCUT2D eigenvalue weighted by molar-refractivity contribution is -0.140. The van der Waals surface area contributed by atoms with Crippen molar-refractivity contribution < 1.29 is 9.53 Å². The molecule has 3 fully saturated rings. The highest BCUT2D eigenvalue weighted by Gasteiger charge is 2.33. The van der Waals surface area contributed by atoms with Gasteiger partial charge in [-0.2, -0.15) is 0 Å². The second kappa shape index (κ2) is 6.41. The highest BCUT2D eigenvalue weighted by atomic mass is 16.5. The summed E-state index contributed by atoms with van der Waals surface area (Å²) in [5, 5.41) is 6.95. The Morgan fingerprint density at radius 3 is 2.70 bits per heavy atom. The van der Waals surface area contributed by atoms with Crippen LogP contribution in [0.25, 0.3) is 0 Å². The third-order valence-corrected chi connectivity index (χ3v) is 4.78. The van der Waals surface area contributed by atoms with Crippen molar-refractivity contribution in [2.75, 3.05) is 32.8 Å². The summed E-state index contributed by atoms with van der Waals surface area (Å²) in [6.07, 6.45) is 4.95. The van der Waals surface area contributed by atoms with Gasteiger partial charge in [-0.15, -0.1) is 0 Å². The van der Waals surface area contributed by atoms with Crippen molar-refractivity contribution in [3.8, 4) is 0 Å². The first-order valence-electron chi connectivity index (χ1n) is 8.11. The number of carbonyl (C=O) groups excluding carboxylic acids is 1. The van der Waals surface area contributed by atoms with Crippen LogP contribution in [0.1, 0.15) is 32.6 Å². The van der Waals surface area contributed by atoms with Crippen LogP contribution in [-0.2, 0) is 9.53 Å². The molecular formula is C15H27N3O2. The maximum absolute atomic E-state index is 12.5. The zero-order valence-electron chi connectivity index (χ0n) is 12.4. The largest absolute Gasteiger partial charge is 0.375 e. The van der Waals surface area contributed by atoms with Crippen LogP contribution in [0.5, 0.6) is 0 Å². The molecule has 3 rings (SSSR count). The Kier molecular flexibility index (Phi) is 4.58. The first kappa shape index (κ1) is 14.3. The maximum Gasteiger partial charge on any atom is 0.242 e. The molecule has 114 valence electrons. The molecule has 0 aromatic heterocycles. The Balaban J connectivity index is 1.43. The van der Waals surface area contributed by atoms with Gasteiger partial charge in [0.05, 0.1) is 12.7 Å². The van der Waals surface area contributed by atoms with Crippen LogP contribution in [0.4, 0.5) is 0 Å². The van der Waals surface area contributed by atoms with Gasteiger partial charge in [-0.25, -0.2) is 0 Å². The van der Waals surface area contributed by atoms with E-state index in [0.717, 1.165) is 38.4 Å². The normalized spacial score (nSPS) is 32.4. The summed E-state index contributed by atoms with van der Waals surface area (Å²) in [6.45, 7) is 6.41. The third-order valence-electron chi connectivity index (χ3n) is 4.78. The summed E-state index contributed by atoms with van der Waals surface area (Å²) in [5.74, 6) is 1.15. The number of amides is 1. The second-order valence-corrected chi connectivity index (χ2v) is 6.46. The van der Waals surface area contributed by atoms with Gasteiger partial charge in [0.25, 0.3) is 0 Å². The quantitative estimate of drug-likeness (QED) is 0.781. The predicted molar refractivity (Wildman–Crippen MR) is 77.5 cm³/mol. The number of piperidine rings is 1. The lowest BCUT2D eigenvalue weighted by Gasteiger charge is -2.37. The number of nitrogens with one attached hydrogen (secondary N) is 2. The average molecular weight is 281 g/mol. The monoisotopic (exact) mass is 281 g/mol. The molecule has 2 atom stereocenters. The van der Waals surface area contributed by atoms with Crippen molar-refractivity contribution in [3.05, 3.63) is 0 Å². The summed E-state index contributed by atoms with van der Waals surface area (Å²) in [7, 11) is 0. The molecule has 0 unspecified atom stereocenters. The number of likely N-dealkylation sites (tertiary alicyclic amines) is 1. The average Bonchev–Trinajstić information content (AvgIpc) is 3.30. The minimum Gasteiger partial charge on any atom is -0.375 e. The molecule has 5 nitrogen and oxygen atoms in total. The van der Waals surface area contributed by atoms with Crippen molar-refractivity contribution in [3.63, 3.8) is 0 Å². The SMILES string of the molecule is C[C@H]1OCCN[C@@H]1C(=O)N1CCC(NCC2CC2)CC1. The molecule has 2 aliphatic heterocycles. The first-order chi connectivity index (χ1) is 9.74. The van der Waals surface area contributed by atoms with Gasteiger partial charge in [-0.3, -0.25) is 4.79 Å². The molecule has 20 heavy (non-hydrogen) atoms. The lowest BCUT2D eigenvalue weighted by atomic mass is 10.0. The number of ether oxygens (including phenoxy) is 1. The molecule has 2 heterocycles. The van der Waals surface area contributed by atoms with Gasteiger partial charge < -0.3 is 20.3 Å². The number of hydrogen-bond donors (Lipinski definition) is 2. The van der Waals surface area contributed by atoms with Crippen LogP contribution < -0.4 is 10.6 Å². The van der Waals surface area contributed by atoms with Crippen LogP contribution in [-0.4, -0.2) is 61.8 Å². The first-order valence-corrected chi connectivity index (χ1v) is 8.11. The Bertz CT molecular complexity index is 338. The number of carbonyl (C=O) groups is 1. The molecule has 0 aromatic rings. The molecule has 0 spiro atoms. The zero-order valence-corrected chi connectivity index (χ0v) is 12.4. The smallest absolute Gasteiger partial charge is 0.242 e. The third kappa shape index (κ3) is 3.51. The molecular weight excluding hydrogens is 254 g/mol. The minimum atomic E-state index is -0.153. The maximum atomic E-state index is 12.5. The molecule has 1 amide bonds. The zero-order chi connectivity index (χ0) is 13.9. The fourth-order valence-corrected chi connectivity index (χ4v) is 3.17. The van der Waals surface area contributed by atoms with Gasteiger partial charge in [0.2, 0.25) is 5.91 Å². The van der Waals surface area contributed by atoms with Crippen molar-refractivity contribution in [2.45, 2.75) is 50.8 Å². The van der Waals surface area contributed by atoms with Crippen LogP contribution in [0.3, 0.4) is 0 Å². The number of hydrogen-bond acceptors (Lipinski definition) is 4. The van der Waals surface area contributed by atoms with E-state index >= 15 is 0 Å². The summed E-state index contributed by atoms with van der Waals surface area (Å²) in [6, 6.07) is 0.451. The van der Waals surface area contributed by atoms with Crippen molar-refractivity contribution >= 4 is 5.91 Å². The van der Waals surface area contributed by atoms with E-state index in [0.29, 0.717) is 12.6 Å². The van der Waals surface area contributed by atoms with Crippen LogP contribution in [0, 0.1) is 5.92 Å². The van der Waals surface area contributed by atoms with E-state index < -0.39 is 0 Å². The second-order valence-electron chi connectivity index (χ2n) is 6.46. The Hall–Kier alpha value is -0.650. The molecule has 2 N–H and O–H groups in total. The van der Waals surface area contributed by atoms with E-state index in [1.165, 1.54) is 19.4 Å². The molecule has 1 aliphatic carbocycles. The molecule has 0 bridgehead atoms. The van der Waals surface area contributed by atoms with Gasteiger partial charge in [0.1, 0.15) is 6.04 Å². The molecule has 3 aliphatic rings. The molecule has 5 heteroatoms. The molecule has 0 radical (unpaired) electrons. The Morgan fingerprint density at radius 1 is 1.30 bits per heavy atom. The van der Waals surface area contributed by atoms with Gasteiger partial charge in [-0.05, 0) is 45.1 Å². The predicted octanol–water partition coefficient (Wildman–Crippen LogP) is 0.354. The number of rotatable bonds is 4. The molecule has 0 aromatic carbocycles. The fraction of sp³-hybridized carbons (Fsp3) is 0.933. The highest BCUT2D eigenvalue weighted by Crippen LogP contribution is 2.28. The topological polar surface area (TPSA) is 53.6 Å². The van der Waals surface area contributed by atoms with Crippen LogP contribution >= 0.6 is 0 Å². The minimum absolute atomic E-state index is 0.0121. The van der Waals surface area contributed by atoms with E-state index in [2.05, 4.69) is 10.6 Å². The highest BCUT2D eigenvalue weighted by molar-refractivity contribution is 5.82. The van der Waals surface area contributed by atoms with E-state index in [-0.39, 0.29) is 18.1 Å². The van der Waals surface area contributed by atoms with E-state index in [1.54, 1.807) is 0 Å². The van der Waals surface area contributed by atoms with Gasteiger partial charge in [0, 0.05) is 25.7 Å². The van der Waals surface area contributed by atoms with Crippen LogP contribution in [0.15, 0.2) is 0 Å². The lowest BCUT2D eigenvalue weighted by Crippen LogP contribution is -2.58. The Labute approximate surface area is 121 Å². The standard InChI is InChI=1S/C15H27N3O2/c1-11-14(16-6-9-20-11)15(19)18-7-4-13(5-8-18)17-10-12-2-3-12/h11-14,16-17H,2-10H2,1H3/t11-,14+/m1/s1. The van der Waals surface area contributed by atoms with Gasteiger partial charge >= 0.3 is 0 Å². The molecule has 1 saturated carbocycles. The van der Waals surface area contributed by atoms with Crippen LogP contribution in [0.2, 0.25) is 0 Å². The number of morpholine rings is 1. The Morgan fingerprint density at radius 2 is 2.05 bits per heavy atom. The van der Waals surface area contributed by atoms with E-state index in [9.17, 15) is 4.79 Å². The van der Waals surface area contributed by atoms with E-state index in [4.69, 9.17) is 4.74 Å². The van der Waals surface area contributed by atoms with Crippen molar-refractivity contribution in [2.24, 2.45) is 5.92 Å². The fourth-order valence-electron chi connectivity index (χ4n) is 3.17. The van der Waals surface area contributed by atoms with Gasteiger partial charge in [0.15, 0.2) is 0 Å². The molecule has 2 saturated heterocycles. The summed E-state index contributed by atoms with van der Waals surface area (Å²) < 4.78 is 5.57. The summed E-state index contributed by atoms with van der Waals surface area (Å²) >= 11 is 0. The number of nitrogens with zero attached hydrogens (tertiary/aromatic N) is 1. The van der Waals surface area contributed by atoms with Gasteiger partial charge in [-0.1, -0.05) is 0 Å². The van der Waals surface area contributed by atoms with E-state index in [1.807, 2.05) is 11.8 Å². The van der Waals surface area contributed by atoms with Crippen molar-refractivity contribution in [1.82, 2.24) is 15.5 Å². The van der Waals surface area contributed by atoms with Crippen molar-refractivity contribution in [1.29, 1.82) is 0 Å².